The number of carbonyl (C=O) groups is 1. The van der Waals surface area contributed by atoms with Gasteiger partial charge in [-0.15, -0.1) is 11.3 Å². The minimum atomic E-state index is -1.59. The van der Waals surface area contributed by atoms with Crippen LogP contribution >= 0.6 is 11.3 Å². The van der Waals surface area contributed by atoms with E-state index >= 15 is 0 Å². The highest BCUT2D eigenvalue weighted by molar-refractivity contribution is 7.16. The molecule has 0 aliphatic rings. The SMILES string of the molecule is CCNc1cc(Nc2ccc3ncsc3n2)ncc1C(=O)NCC(F)C(C)(C)O. The molecule has 0 radical (unpaired) electrons. The predicted molar refractivity (Wildman–Crippen MR) is 113 cm³/mol. The van der Waals surface area contributed by atoms with Gasteiger partial charge in [0, 0.05) is 18.8 Å². The fourth-order valence-corrected chi connectivity index (χ4v) is 3.18. The summed E-state index contributed by atoms with van der Waals surface area (Å²) in [5.41, 5.74) is 1.86. The highest BCUT2D eigenvalue weighted by atomic mass is 32.1. The van der Waals surface area contributed by atoms with E-state index in [1.54, 1.807) is 17.6 Å². The lowest BCUT2D eigenvalue weighted by molar-refractivity contribution is -0.00177. The number of thiazole rings is 1. The zero-order valence-corrected chi connectivity index (χ0v) is 17.2. The summed E-state index contributed by atoms with van der Waals surface area (Å²) in [7, 11) is 0. The van der Waals surface area contributed by atoms with E-state index in [0.29, 0.717) is 23.9 Å². The van der Waals surface area contributed by atoms with E-state index in [0.717, 1.165) is 10.3 Å². The second-order valence-corrected chi connectivity index (χ2v) is 7.81. The Morgan fingerprint density at radius 2 is 2.10 bits per heavy atom. The zero-order valence-electron chi connectivity index (χ0n) is 16.4. The molecule has 3 heterocycles. The van der Waals surface area contributed by atoms with Gasteiger partial charge < -0.3 is 21.1 Å². The first-order valence-electron chi connectivity index (χ1n) is 9.13. The number of anilines is 3. The minimum absolute atomic E-state index is 0.284. The molecule has 1 amide bonds. The van der Waals surface area contributed by atoms with E-state index in [1.807, 2.05) is 13.0 Å². The number of halogens is 1. The van der Waals surface area contributed by atoms with Crippen LogP contribution in [-0.4, -0.2) is 50.8 Å². The number of aromatic nitrogens is 3. The van der Waals surface area contributed by atoms with E-state index in [4.69, 9.17) is 0 Å². The van der Waals surface area contributed by atoms with Crippen LogP contribution < -0.4 is 16.0 Å². The molecule has 1 unspecified atom stereocenters. The Hall–Kier alpha value is -2.85. The van der Waals surface area contributed by atoms with Crippen LogP contribution in [0.2, 0.25) is 0 Å². The van der Waals surface area contributed by atoms with E-state index in [9.17, 15) is 14.3 Å². The average Bonchev–Trinajstić information content (AvgIpc) is 3.13. The topological polar surface area (TPSA) is 112 Å². The van der Waals surface area contributed by atoms with Gasteiger partial charge in [-0.1, -0.05) is 0 Å². The first-order chi connectivity index (χ1) is 13.8. The number of nitrogens with zero attached hydrogens (tertiary/aromatic N) is 3. The number of fused-ring (bicyclic) bond motifs is 1. The fourth-order valence-electron chi connectivity index (χ4n) is 2.52. The Morgan fingerprint density at radius 3 is 2.83 bits per heavy atom. The first-order valence-corrected chi connectivity index (χ1v) is 10.0. The quantitative estimate of drug-likeness (QED) is 0.445. The third-order valence-electron chi connectivity index (χ3n) is 4.18. The standard InChI is InChI=1S/C19H23FN6O2S/c1-4-21-13-7-16(25-15-6-5-12-18(26-15)29-10-24-12)22-8-11(13)17(27)23-9-14(20)19(2,3)28/h5-8,10,14,28H,4,9H2,1-3H3,(H,23,27)(H2,21,22,25,26). The molecule has 1 atom stereocenters. The van der Waals surface area contributed by atoms with Crippen LogP contribution in [0, 0.1) is 0 Å². The lowest BCUT2D eigenvalue weighted by Gasteiger charge is -2.22. The lowest BCUT2D eigenvalue weighted by Crippen LogP contribution is -2.42. The van der Waals surface area contributed by atoms with E-state index < -0.39 is 17.7 Å². The fraction of sp³-hybridized carbons (Fsp3) is 0.368. The number of hydrogen-bond donors (Lipinski definition) is 4. The summed E-state index contributed by atoms with van der Waals surface area (Å²) in [4.78, 5) is 26.2. The molecule has 0 saturated carbocycles. The molecular weight excluding hydrogens is 395 g/mol. The molecule has 3 rings (SSSR count). The van der Waals surface area contributed by atoms with Crippen LogP contribution in [0.15, 0.2) is 29.9 Å². The number of rotatable bonds is 8. The Morgan fingerprint density at radius 1 is 1.31 bits per heavy atom. The molecule has 10 heteroatoms. The molecule has 3 aromatic rings. The van der Waals surface area contributed by atoms with Crippen molar-refractivity contribution in [1.82, 2.24) is 20.3 Å². The molecule has 8 nitrogen and oxygen atoms in total. The second kappa shape index (κ2) is 8.66. The van der Waals surface area contributed by atoms with Crippen molar-refractivity contribution in [2.24, 2.45) is 0 Å². The summed E-state index contributed by atoms with van der Waals surface area (Å²) in [6, 6.07) is 5.36. The number of aliphatic hydroxyl groups is 1. The number of carbonyl (C=O) groups excluding carboxylic acids is 1. The van der Waals surface area contributed by atoms with Crippen molar-refractivity contribution in [2.75, 3.05) is 23.7 Å². The Balaban J connectivity index is 1.76. The summed E-state index contributed by atoms with van der Waals surface area (Å²) in [5, 5.41) is 18.4. The predicted octanol–water partition coefficient (Wildman–Crippen LogP) is 3.10. The largest absolute Gasteiger partial charge is 0.387 e. The van der Waals surface area contributed by atoms with Gasteiger partial charge in [-0.25, -0.2) is 19.3 Å². The Labute approximate surface area is 171 Å². The van der Waals surface area contributed by atoms with Gasteiger partial charge in [0.05, 0.1) is 28.9 Å². The van der Waals surface area contributed by atoms with Crippen molar-refractivity contribution >= 4 is 44.9 Å². The van der Waals surface area contributed by atoms with Crippen molar-refractivity contribution in [3.8, 4) is 0 Å². The van der Waals surface area contributed by atoms with E-state index in [-0.39, 0.29) is 12.1 Å². The van der Waals surface area contributed by atoms with Crippen LogP contribution in [-0.2, 0) is 0 Å². The average molecular weight is 418 g/mol. The molecule has 29 heavy (non-hydrogen) atoms. The van der Waals surface area contributed by atoms with Crippen LogP contribution in [0.1, 0.15) is 31.1 Å². The third-order valence-corrected chi connectivity index (χ3v) is 4.91. The van der Waals surface area contributed by atoms with Gasteiger partial charge in [0.1, 0.15) is 28.2 Å². The molecule has 0 saturated heterocycles. The van der Waals surface area contributed by atoms with Crippen LogP contribution in [0.25, 0.3) is 10.3 Å². The summed E-state index contributed by atoms with van der Waals surface area (Å²) in [6.45, 7) is 4.90. The van der Waals surface area contributed by atoms with E-state index in [2.05, 4.69) is 30.9 Å². The van der Waals surface area contributed by atoms with Crippen molar-refractivity contribution in [3.63, 3.8) is 0 Å². The highest BCUT2D eigenvalue weighted by Crippen LogP contribution is 2.23. The van der Waals surface area contributed by atoms with Crippen molar-refractivity contribution in [3.05, 3.63) is 35.5 Å². The van der Waals surface area contributed by atoms with Crippen molar-refractivity contribution in [1.29, 1.82) is 0 Å². The number of amides is 1. The smallest absolute Gasteiger partial charge is 0.255 e. The number of hydrogen-bond acceptors (Lipinski definition) is 8. The number of alkyl halides is 1. The Kier molecular flexibility index (Phi) is 6.23. The summed E-state index contributed by atoms with van der Waals surface area (Å²) < 4.78 is 13.9. The molecular formula is C19H23FN6O2S. The molecule has 3 aromatic heterocycles. The summed E-state index contributed by atoms with van der Waals surface area (Å²) in [6.07, 6.45) is -0.172. The summed E-state index contributed by atoms with van der Waals surface area (Å²) in [5.74, 6) is 0.643. The summed E-state index contributed by atoms with van der Waals surface area (Å²) >= 11 is 1.44. The minimum Gasteiger partial charge on any atom is -0.387 e. The molecule has 0 aliphatic heterocycles. The van der Waals surface area contributed by atoms with Crippen LogP contribution in [0.3, 0.4) is 0 Å². The molecule has 0 fully saturated rings. The maximum absolute atomic E-state index is 13.9. The van der Waals surface area contributed by atoms with Crippen LogP contribution in [0.5, 0.6) is 0 Å². The molecule has 154 valence electrons. The second-order valence-electron chi connectivity index (χ2n) is 6.97. The molecule has 4 N–H and O–H groups in total. The molecule has 0 aliphatic carbocycles. The first kappa shape index (κ1) is 20.9. The van der Waals surface area contributed by atoms with Gasteiger partial charge in [-0.05, 0) is 32.9 Å². The number of pyridine rings is 2. The van der Waals surface area contributed by atoms with Gasteiger partial charge in [0.2, 0.25) is 0 Å². The third kappa shape index (κ3) is 5.15. The molecule has 0 bridgehead atoms. The maximum Gasteiger partial charge on any atom is 0.255 e. The van der Waals surface area contributed by atoms with Crippen molar-refractivity contribution in [2.45, 2.75) is 32.5 Å². The van der Waals surface area contributed by atoms with Gasteiger partial charge in [-0.3, -0.25) is 4.79 Å². The maximum atomic E-state index is 13.9. The molecule has 0 aromatic carbocycles. The number of nitrogens with one attached hydrogen (secondary N) is 3. The molecule has 0 spiro atoms. The van der Waals surface area contributed by atoms with Crippen LogP contribution in [0.4, 0.5) is 21.7 Å². The Bertz CT molecular complexity index is 1000. The lowest BCUT2D eigenvalue weighted by atomic mass is 10.0. The zero-order chi connectivity index (χ0) is 21.0. The monoisotopic (exact) mass is 418 g/mol. The highest BCUT2D eigenvalue weighted by Gasteiger charge is 2.27. The van der Waals surface area contributed by atoms with Gasteiger partial charge in [0.25, 0.3) is 5.91 Å². The normalized spacial score (nSPS) is 12.6. The van der Waals surface area contributed by atoms with Gasteiger partial charge >= 0.3 is 0 Å². The van der Waals surface area contributed by atoms with Crippen molar-refractivity contribution < 1.29 is 14.3 Å². The van der Waals surface area contributed by atoms with Gasteiger partial charge in [-0.2, -0.15) is 0 Å². The van der Waals surface area contributed by atoms with Gasteiger partial charge in [0.15, 0.2) is 0 Å². The van der Waals surface area contributed by atoms with E-state index in [1.165, 1.54) is 31.4 Å².